The summed E-state index contributed by atoms with van der Waals surface area (Å²) in [5.74, 6) is 0.697. The van der Waals surface area contributed by atoms with E-state index in [4.69, 9.17) is 14.5 Å². The van der Waals surface area contributed by atoms with Gasteiger partial charge < -0.3 is 9.47 Å². The van der Waals surface area contributed by atoms with Gasteiger partial charge in [-0.05, 0) is 69.3 Å². The molecule has 0 saturated carbocycles. The van der Waals surface area contributed by atoms with Gasteiger partial charge in [0.1, 0.15) is 5.75 Å². The maximum atomic E-state index is 13.5. The Labute approximate surface area is 185 Å². The predicted molar refractivity (Wildman–Crippen MR) is 124 cm³/mol. The number of ether oxygens (including phenoxy) is 2. The highest BCUT2D eigenvalue weighted by Gasteiger charge is 2.27. The lowest BCUT2D eigenvalue weighted by atomic mass is 10.1. The molecule has 5 nitrogen and oxygen atoms in total. The van der Waals surface area contributed by atoms with E-state index in [2.05, 4.69) is 12.1 Å². The van der Waals surface area contributed by atoms with Crippen LogP contribution in [-0.4, -0.2) is 42.5 Å². The molecule has 0 aliphatic carbocycles. The van der Waals surface area contributed by atoms with Gasteiger partial charge in [0.15, 0.2) is 5.13 Å². The van der Waals surface area contributed by atoms with E-state index in [0.29, 0.717) is 12.1 Å². The SMILES string of the molecule is CSc1cccc2sc(N(CC3CCCO3)C(=O)c3ccc(OC(C)C)cc3)nc12. The summed E-state index contributed by atoms with van der Waals surface area (Å²) in [6.45, 7) is 5.23. The van der Waals surface area contributed by atoms with Crippen LogP contribution in [0.3, 0.4) is 0 Å². The van der Waals surface area contributed by atoms with Gasteiger partial charge in [-0.15, -0.1) is 11.8 Å². The Morgan fingerprint density at radius 3 is 2.77 bits per heavy atom. The summed E-state index contributed by atoms with van der Waals surface area (Å²) >= 11 is 3.22. The van der Waals surface area contributed by atoms with E-state index in [1.54, 1.807) is 28.0 Å². The van der Waals surface area contributed by atoms with Crippen molar-refractivity contribution in [3.8, 4) is 5.75 Å². The van der Waals surface area contributed by atoms with Crippen LogP contribution in [0.2, 0.25) is 0 Å². The second-order valence-electron chi connectivity index (χ2n) is 7.55. The minimum atomic E-state index is -0.0636. The van der Waals surface area contributed by atoms with Crippen LogP contribution in [-0.2, 0) is 4.74 Å². The fourth-order valence-corrected chi connectivity index (χ4v) is 5.16. The molecule has 7 heteroatoms. The fourth-order valence-electron chi connectivity index (χ4n) is 3.54. The Bertz CT molecular complexity index is 1010. The van der Waals surface area contributed by atoms with Crippen molar-refractivity contribution < 1.29 is 14.3 Å². The number of nitrogens with zero attached hydrogens (tertiary/aromatic N) is 2. The Morgan fingerprint density at radius 2 is 2.10 bits per heavy atom. The number of para-hydroxylation sites is 1. The average molecular weight is 443 g/mol. The van der Waals surface area contributed by atoms with Crippen LogP contribution < -0.4 is 9.64 Å². The summed E-state index contributed by atoms with van der Waals surface area (Å²) < 4.78 is 12.6. The number of thioether (sulfide) groups is 1. The van der Waals surface area contributed by atoms with E-state index in [1.807, 2.05) is 50.4 Å². The number of thiazole rings is 1. The van der Waals surface area contributed by atoms with Crippen LogP contribution in [0.25, 0.3) is 10.2 Å². The van der Waals surface area contributed by atoms with Gasteiger partial charge in [0.05, 0.1) is 29.0 Å². The third-order valence-electron chi connectivity index (χ3n) is 4.95. The van der Waals surface area contributed by atoms with E-state index < -0.39 is 0 Å². The molecule has 2 heterocycles. The Balaban J connectivity index is 1.66. The molecule has 1 saturated heterocycles. The summed E-state index contributed by atoms with van der Waals surface area (Å²) in [5.41, 5.74) is 1.57. The molecule has 0 N–H and O–H groups in total. The molecule has 30 heavy (non-hydrogen) atoms. The van der Waals surface area contributed by atoms with Crippen molar-refractivity contribution in [2.24, 2.45) is 0 Å². The Morgan fingerprint density at radius 1 is 1.30 bits per heavy atom. The normalized spacial score (nSPS) is 16.3. The number of hydrogen-bond acceptors (Lipinski definition) is 6. The summed E-state index contributed by atoms with van der Waals surface area (Å²) in [6, 6.07) is 13.5. The van der Waals surface area contributed by atoms with Gasteiger partial charge in [-0.3, -0.25) is 9.69 Å². The van der Waals surface area contributed by atoms with E-state index in [9.17, 15) is 4.79 Å². The first-order chi connectivity index (χ1) is 14.5. The van der Waals surface area contributed by atoms with Gasteiger partial charge in [0, 0.05) is 17.1 Å². The molecule has 158 valence electrons. The molecule has 1 aliphatic rings. The van der Waals surface area contributed by atoms with Crippen LogP contribution in [0.5, 0.6) is 5.75 Å². The van der Waals surface area contributed by atoms with Crippen molar-refractivity contribution in [3.63, 3.8) is 0 Å². The highest BCUT2D eigenvalue weighted by atomic mass is 32.2. The lowest BCUT2D eigenvalue weighted by Gasteiger charge is -2.23. The van der Waals surface area contributed by atoms with Crippen molar-refractivity contribution in [2.75, 3.05) is 24.3 Å². The van der Waals surface area contributed by atoms with Gasteiger partial charge >= 0.3 is 0 Å². The van der Waals surface area contributed by atoms with Gasteiger partial charge in [0.2, 0.25) is 0 Å². The fraction of sp³-hybridized carbons (Fsp3) is 0.391. The molecule has 0 spiro atoms. The smallest absolute Gasteiger partial charge is 0.260 e. The molecule has 0 bridgehead atoms. The lowest BCUT2D eigenvalue weighted by molar-refractivity contribution is 0.0917. The minimum Gasteiger partial charge on any atom is -0.491 e. The molecule has 1 amide bonds. The van der Waals surface area contributed by atoms with Gasteiger partial charge in [-0.2, -0.15) is 0 Å². The summed E-state index contributed by atoms with van der Waals surface area (Å²) in [5, 5.41) is 0.717. The van der Waals surface area contributed by atoms with E-state index >= 15 is 0 Å². The van der Waals surface area contributed by atoms with Crippen LogP contribution in [0.1, 0.15) is 37.0 Å². The minimum absolute atomic E-state index is 0.0459. The van der Waals surface area contributed by atoms with Crippen LogP contribution >= 0.6 is 23.1 Å². The second kappa shape index (κ2) is 9.37. The quantitative estimate of drug-likeness (QED) is 0.444. The predicted octanol–water partition coefficient (Wildman–Crippen LogP) is 5.63. The molecule has 0 radical (unpaired) electrons. The topological polar surface area (TPSA) is 51.7 Å². The summed E-state index contributed by atoms with van der Waals surface area (Å²) in [4.78, 5) is 21.2. The van der Waals surface area contributed by atoms with E-state index in [0.717, 1.165) is 45.4 Å². The summed E-state index contributed by atoms with van der Waals surface area (Å²) in [7, 11) is 0. The standard InChI is InChI=1S/C23H26N2O3S2/c1-15(2)28-17-11-9-16(10-12-17)22(26)25(14-18-6-5-13-27-18)23-24-21-19(29-3)7-4-8-20(21)30-23/h4,7-12,15,18H,5-6,13-14H2,1-3H3. The van der Waals surface area contributed by atoms with Gasteiger partial charge in [-0.25, -0.2) is 4.98 Å². The van der Waals surface area contributed by atoms with Crippen molar-refractivity contribution >= 4 is 44.4 Å². The highest BCUT2D eigenvalue weighted by molar-refractivity contribution is 7.98. The molecule has 1 aromatic heterocycles. The van der Waals surface area contributed by atoms with Crippen molar-refractivity contribution in [1.29, 1.82) is 0 Å². The number of benzene rings is 2. The first-order valence-corrected chi connectivity index (χ1v) is 12.2. The molecule has 1 unspecified atom stereocenters. The molecular weight excluding hydrogens is 416 g/mol. The van der Waals surface area contributed by atoms with Crippen LogP contribution in [0, 0.1) is 0 Å². The molecular formula is C23H26N2O3S2. The maximum absolute atomic E-state index is 13.5. The number of carbonyl (C=O) groups excluding carboxylic acids is 1. The van der Waals surface area contributed by atoms with Crippen molar-refractivity contribution in [3.05, 3.63) is 48.0 Å². The van der Waals surface area contributed by atoms with Gasteiger partial charge in [0.25, 0.3) is 5.91 Å². The molecule has 1 aliphatic heterocycles. The van der Waals surface area contributed by atoms with Gasteiger partial charge in [-0.1, -0.05) is 17.4 Å². The third kappa shape index (κ3) is 4.63. The maximum Gasteiger partial charge on any atom is 0.260 e. The third-order valence-corrected chi connectivity index (χ3v) is 6.76. The zero-order valence-corrected chi connectivity index (χ0v) is 19.1. The largest absolute Gasteiger partial charge is 0.491 e. The number of fused-ring (bicyclic) bond motifs is 1. The van der Waals surface area contributed by atoms with Crippen molar-refractivity contribution in [1.82, 2.24) is 4.98 Å². The molecule has 1 fully saturated rings. The van der Waals surface area contributed by atoms with Crippen molar-refractivity contribution in [2.45, 2.75) is 43.8 Å². The summed E-state index contributed by atoms with van der Waals surface area (Å²) in [6.07, 6.45) is 4.18. The first kappa shape index (κ1) is 21.2. The molecule has 1 atom stereocenters. The van der Waals surface area contributed by atoms with Crippen LogP contribution in [0.15, 0.2) is 47.4 Å². The Kier molecular flexibility index (Phi) is 6.61. The number of anilines is 1. The average Bonchev–Trinajstić information content (AvgIpc) is 3.41. The number of amides is 1. The zero-order valence-electron chi connectivity index (χ0n) is 17.5. The number of hydrogen-bond donors (Lipinski definition) is 0. The van der Waals surface area contributed by atoms with E-state index in [-0.39, 0.29) is 18.1 Å². The molecule has 2 aromatic carbocycles. The zero-order chi connectivity index (χ0) is 21.1. The molecule has 4 rings (SSSR count). The molecule has 3 aromatic rings. The monoisotopic (exact) mass is 442 g/mol. The number of aromatic nitrogens is 1. The Hall–Kier alpha value is -2.09. The van der Waals surface area contributed by atoms with Crippen LogP contribution in [0.4, 0.5) is 5.13 Å². The number of carbonyl (C=O) groups is 1. The first-order valence-electron chi connectivity index (χ1n) is 10.2. The van der Waals surface area contributed by atoms with E-state index in [1.165, 1.54) is 0 Å². The second-order valence-corrected chi connectivity index (χ2v) is 9.40. The number of rotatable bonds is 7. The highest BCUT2D eigenvalue weighted by Crippen LogP contribution is 2.35. The lowest BCUT2D eigenvalue weighted by Crippen LogP contribution is -2.37.